The summed E-state index contributed by atoms with van der Waals surface area (Å²) in [5, 5.41) is 10.8. The van der Waals surface area contributed by atoms with E-state index in [9.17, 15) is 13.6 Å². The van der Waals surface area contributed by atoms with Crippen LogP contribution in [-0.4, -0.2) is 18.2 Å². The molecule has 4 rings (SSSR count). The summed E-state index contributed by atoms with van der Waals surface area (Å²) in [7, 11) is 0. The number of allylic oxidation sites excluding steroid dienone is 2. The number of ether oxygens (including phenoxy) is 1. The highest BCUT2D eigenvalue weighted by molar-refractivity contribution is 6.21. The van der Waals surface area contributed by atoms with Crippen LogP contribution in [0.2, 0.25) is 0 Å². The maximum atomic E-state index is 13.9. The first-order valence-electron chi connectivity index (χ1n) is 10.2. The number of amides is 1. The molecule has 0 aromatic heterocycles. The molecule has 162 valence electrons. The third-order valence-corrected chi connectivity index (χ3v) is 6.19. The minimum atomic E-state index is -0.949. The summed E-state index contributed by atoms with van der Waals surface area (Å²) in [6.45, 7) is 3.83. The number of benzene rings is 2. The second kappa shape index (κ2) is 7.80. The first-order valence-corrected chi connectivity index (χ1v) is 10.2. The highest BCUT2D eigenvalue weighted by Crippen LogP contribution is 2.61. The SMILES string of the molecule is CC(=N)/C(=C(/C)N)c1ccc(NC(=O)CC2c3cc(F)c(F)cc3OCC23CC3)cc1. The predicted octanol–water partition coefficient (Wildman–Crippen LogP) is 4.98. The smallest absolute Gasteiger partial charge is 0.225 e. The number of halogens is 2. The van der Waals surface area contributed by atoms with Gasteiger partial charge in [-0.25, -0.2) is 8.78 Å². The molecule has 2 aromatic rings. The molecular formula is C24H25F2N3O2. The van der Waals surface area contributed by atoms with Crippen LogP contribution in [0.25, 0.3) is 5.57 Å². The van der Waals surface area contributed by atoms with Crippen molar-refractivity contribution < 1.29 is 18.3 Å². The molecule has 0 radical (unpaired) electrons. The van der Waals surface area contributed by atoms with E-state index in [0.29, 0.717) is 40.6 Å². The zero-order chi connectivity index (χ0) is 22.3. The van der Waals surface area contributed by atoms with Crippen molar-refractivity contribution in [1.29, 1.82) is 5.41 Å². The van der Waals surface area contributed by atoms with E-state index < -0.39 is 11.6 Å². The number of hydrogen-bond acceptors (Lipinski definition) is 4. The van der Waals surface area contributed by atoms with Crippen molar-refractivity contribution in [3.8, 4) is 5.75 Å². The van der Waals surface area contributed by atoms with Gasteiger partial charge in [-0.2, -0.15) is 0 Å². The molecule has 1 spiro atoms. The van der Waals surface area contributed by atoms with Gasteiger partial charge in [-0.1, -0.05) is 12.1 Å². The van der Waals surface area contributed by atoms with E-state index in [1.165, 1.54) is 6.07 Å². The fourth-order valence-electron chi connectivity index (χ4n) is 4.43. The maximum absolute atomic E-state index is 13.9. The molecule has 1 heterocycles. The monoisotopic (exact) mass is 425 g/mol. The molecule has 5 nitrogen and oxygen atoms in total. The molecule has 7 heteroatoms. The van der Waals surface area contributed by atoms with Gasteiger partial charge in [0.1, 0.15) is 5.75 Å². The van der Waals surface area contributed by atoms with E-state index in [2.05, 4.69) is 5.32 Å². The molecule has 1 unspecified atom stereocenters. The Morgan fingerprint density at radius 1 is 1.19 bits per heavy atom. The van der Waals surface area contributed by atoms with Crippen molar-refractivity contribution in [3.05, 3.63) is 64.9 Å². The Labute approximate surface area is 179 Å². The van der Waals surface area contributed by atoms with Gasteiger partial charge in [0.2, 0.25) is 5.91 Å². The van der Waals surface area contributed by atoms with E-state index in [1.807, 2.05) is 12.1 Å². The van der Waals surface area contributed by atoms with Crippen LogP contribution in [0.3, 0.4) is 0 Å². The van der Waals surface area contributed by atoms with Gasteiger partial charge in [0.25, 0.3) is 0 Å². The number of anilines is 1. The van der Waals surface area contributed by atoms with Crippen LogP contribution >= 0.6 is 0 Å². The van der Waals surface area contributed by atoms with Crippen LogP contribution in [0.4, 0.5) is 14.5 Å². The Kier molecular flexibility index (Phi) is 5.29. The summed E-state index contributed by atoms with van der Waals surface area (Å²) >= 11 is 0. The van der Waals surface area contributed by atoms with E-state index in [1.54, 1.807) is 26.0 Å². The van der Waals surface area contributed by atoms with Crippen molar-refractivity contribution >= 4 is 22.9 Å². The third-order valence-electron chi connectivity index (χ3n) is 6.19. The normalized spacial score (nSPS) is 19.2. The Balaban J connectivity index is 1.51. The van der Waals surface area contributed by atoms with Crippen LogP contribution in [0.15, 0.2) is 42.1 Å². The summed E-state index contributed by atoms with van der Waals surface area (Å²) in [4.78, 5) is 12.8. The number of nitrogens with one attached hydrogen (secondary N) is 2. The van der Waals surface area contributed by atoms with Gasteiger partial charge in [-0.05, 0) is 50.5 Å². The van der Waals surface area contributed by atoms with Gasteiger partial charge in [-0.15, -0.1) is 0 Å². The Morgan fingerprint density at radius 3 is 2.42 bits per heavy atom. The van der Waals surface area contributed by atoms with E-state index in [-0.39, 0.29) is 23.7 Å². The first kappa shape index (κ1) is 21.0. The second-order valence-electron chi connectivity index (χ2n) is 8.52. The Hall–Kier alpha value is -3.22. The number of nitrogens with two attached hydrogens (primary N) is 1. The van der Waals surface area contributed by atoms with Crippen LogP contribution in [-0.2, 0) is 4.79 Å². The molecule has 2 aliphatic rings. The van der Waals surface area contributed by atoms with Crippen LogP contribution < -0.4 is 15.8 Å². The highest BCUT2D eigenvalue weighted by Gasteiger charge is 2.54. The zero-order valence-corrected chi connectivity index (χ0v) is 17.5. The average Bonchev–Trinajstić information content (AvgIpc) is 3.47. The maximum Gasteiger partial charge on any atom is 0.225 e. The Bertz CT molecular complexity index is 1080. The summed E-state index contributed by atoms with van der Waals surface area (Å²) in [5.41, 5.74) is 9.28. The molecule has 1 saturated carbocycles. The third kappa shape index (κ3) is 4.04. The molecule has 1 atom stereocenters. The van der Waals surface area contributed by atoms with E-state index in [0.717, 1.165) is 24.5 Å². The quantitative estimate of drug-likeness (QED) is 0.591. The van der Waals surface area contributed by atoms with Crippen molar-refractivity contribution in [1.82, 2.24) is 0 Å². The summed E-state index contributed by atoms with van der Waals surface area (Å²) in [6, 6.07) is 9.38. The van der Waals surface area contributed by atoms with Gasteiger partial charge in [-0.3, -0.25) is 4.79 Å². The molecule has 0 saturated heterocycles. The van der Waals surface area contributed by atoms with Gasteiger partial charge >= 0.3 is 0 Å². The molecule has 1 amide bonds. The highest BCUT2D eigenvalue weighted by atomic mass is 19.2. The number of carbonyl (C=O) groups excluding carboxylic acids is 1. The number of rotatable bonds is 5. The lowest BCUT2D eigenvalue weighted by Gasteiger charge is -2.33. The van der Waals surface area contributed by atoms with Gasteiger partial charge < -0.3 is 21.2 Å². The fourth-order valence-corrected chi connectivity index (χ4v) is 4.43. The lowest BCUT2D eigenvalue weighted by Crippen LogP contribution is -2.31. The molecule has 1 aliphatic heterocycles. The van der Waals surface area contributed by atoms with Crippen LogP contribution in [0.1, 0.15) is 50.2 Å². The van der Waals surface area contributed by atoms with Crippen molar-refractivity contribution in [2.45, 2.75) is 39.0 Å². The van der Waals surface area contributed by atoms with Crippen molar-refractivity contribution in [2.24, 2.45) is 11.1 Å². The molecular weight excluding hydrogens is 400 g/mol. The summed E-state index contributed by atoms with van der Waals surface area (Å²) in [5.74, 6) is -1.98. The van der Waals surface area contributed by atoms with Gasteiger partial charge in [0, 0.05) is 52.1 Å². The molecule has 1 fully saturated rings. The lowest BCUT2D eigenvalue weighted by molar-refractivity contribution is -0.117. The minimum absolute atomic E-state index is 0.163. The summed E-state index contributed by atoms with van der Waals surface area (Å²) in [6.07, 6.45) is 1.96. The Morgan fingerprint density at radius 2 is 1.84 bits per heavy atom. The van der Waals surface area contributed by atoms with E-state index >= 15 is 0 Å². The molecule has 31 heavy (non-hydrogen) atoms. The van der Waals surface area contributed by atoms with Crippen LogP contribution in [0, 0.1) is 22.5 Å². The molecule has 0 bridgehead atoms. The van der Waals surface area contributed by atoms with Crippen molar-refractivity contribution in [2.75, 3.05) is 11.9 Å². The number of fused-ring (bicyclic) bond motifs is 1. The van der Waals surface area contributed by atoms with Crippen molar-refractivity contribution in [3.63, 3.8) is 0 Å². The zero-order valence-electron chi connectivity index (χ0n) is 17.5. The van der Waals surface area contributed by atoms with Gasteiger partial charge in [0.05, 0.1) is 6.61 Å². The second-order valence-corrected chi connectivity index (χ2v) is 8.52. The minimum Gasteiger partial charge on any atom is -0.493 e. The standard InChI is InChI=1S/C24H25F2N3O2/c1-13(27)23(14(2)28)15-3-5-16(6-4-15)29-22(30)10-18-17-9-19(25)20(26)11-21(17)31-12-24(18)7-8-24/h3-6,9,11,18,27H,7-8,10,12,28H2,1-2H3,(H,29,30)/b23-14+,27-13?. The molecule has 4 N–H and O–H groups in total. The van der Waals surface area contributed by atoms with E-state index in [4.69, 9.17) is 15.9 Å². The fraction of sp³-hybridized carbons (Fsp3) is 0.333. The van der Waals surface area contributed by atoms with Gasteiger partial charge in [0.15, 0.2) is 11.6 Å². The largest absolute Gasteiger partial charge is 0.493 e. The average molecular weight is 425 g/mol. The lowest BCUT2D eigenvalue weighted by atomic mass is 9.79. The first-order chi connectivity index (χ1) is 14.7. The molecule has 2 aromatic carbocycles. The number of hydrogen-bond donors (Lipinski definition) is 3. The molecule has 1 aliphatic carbocycles. The number of carbonyl (C=O) groups is 1. The predicted molar refractivity (Wildman–Crippen MR) is 116 cm³/mol. The topological polar surface area (TPSA) is 88.2 Å². The summed E-state index contributed by atoms with van der Waals surface area (Å²) < 4.78 is 33.2. The van der Waals surface area contributed by atoms with Crippen LogP contribution in [0.5, 0.6) is 5.75 Å².